The van der Waals surface area contributed by atoms with Crippen molar-refractivity contribution in [2.45, 2.75) is 20.8 Å². The molecule has 0 saturated carbocycles. The maximum absolute atomic E-state index is 5.99. The van der Waals surface area contributed by atoms with Crippen molar-refractivity contribution in [2.24, 2.45) is 0 Å². The molecule has 1 rings (SSSR count). The number of methoxy groups -OCH3 is 1. The van der Waals surface area contributed by atoms with E-state index in [1.165, 1.54) is 0 Å². The third-order valence-electron chi connectivity index (χ3n) is 2.17. The van der Waals surface area contributed by atoms with Crippen LogP contribution in [0.1, 0.15) is 16.7 Å². The maximum atomic E-state index is 5.99. The van der Waals surface area contributed by atoms with Gasteiger partial charge in [0.1, 0.15) is 5.75 Å². The third kappa shape index (κ3) is 1.42. The minimum atomic E-state index is 0.811. The highest BCUT2D eigenvalue weighted by molar-refractivity contribution is 6.31. The van der Waals surface area contributed by atoms with Crippen molar-refractivity contribution >= 4 is 11.6 Å². The third-order valence-corrected chi connectivity index (χ3v) is 2.56. The van der Waals surface area contributed by atoms with Gasteiger partial charge in [-0.15, -0.1) is 0 Å². The van der Waals surface area contributed by atoms with Gasteiger partial charge in [0.15, 0.2) is 0 Å². The lowest BCUT2D eigenvalue weighted by Gasteiger charge is -2.11. The molecule has 0 aliphatic carbocycles. The van der Waals surface area contributed by atoms with Crippen LogP contribution in [0, 0.1) is 20.8 Å². The molecule has 0 bridgehead atoms. The van der Waals surface area contributed by atoms with Crippen LogP contribution >= 0.6 is 11.6 Å². The minimum absolute atomic E-state index is 0.811. The molecule has 1 nitrogen and oxygen atoms in total. The quantitative estimate of drug-likeness (QED) is 0.651. The first-order valence-corrected chi connectivity index (χ1v) is 4.26. The standard InChI is InChI=1S/C10H13ClO/c1-6-5-9(11)7(2)8(3)10(6)12-4/h5H,1-4H3. The largest absolute Gasteiger partial charge is 0.496 e. The second-order valence-electron chi connectivity index (χ2n) is 2.96. The van der Waals surface area contributed by atoms with Gasteiger partial charge in [-0.1, -0.05) is 11.6 Å². The molecule has 0 unspecified atom stereocenters. The van der Waals surface area contributed by atoms with Crippen LogP contribution < -0.4 is 4.74 Å². The van der Waals surface area contributed by atoms with E-state index in [1.807, 2.05) is 26.8 Å². The molecule has 0 fully saturated rings. The fourth-order valence-electron chi connectivity index (χ4n) is 1.32. The fraction of sp³-hybridized carbons (Fsp3) is 0.400. The normalized spacial score (nSPS) is 10.1. The van der Waals surface area contributed by atoms with Gasteiger partial charge in [0.05, 0.1) is 7.11 Å². The average molecular weight is 185 g/mol. The Hall–Kier alpha value is -0.690. The molecule has 0 heterocycles. The van der Waals surface area contributed by atoms with Crippen molar-refractivity contribution in [3.8, 4) is 5.75 Å². The molecular weight excluding hydrogens is 172 g/mol. The molecule has 0 aliphatic rings. The highest BCUT2D eigenvalue weighted by Gasteiger charge is 2.08. The van der Waals surface area contributed by atoms with E-state index >= 15 is 0 Å². The molecule has 12 heavy (non-hydrogen) atoms. The zero-order valence-electron chi connectivity index (χ0n) is 7.86. The van der Waals surface area contributed by atoms with Crippen LogP contribution in [-0.2, 0) is 0 Å². The topological polar surface area (TPSA) is 9.23 Å². The van der Waals surface area contributed by atoms with E-state index < -0.39 is 0 Å². The van der Waals surface area contributed by atoms with E-state index in [2.05, 4.69) is 0 Å². The Kier molecular flexibility index (Phi) is 2.63. The highest BCUT2D eigenvalue weighted by Crippen LogP contribution is 2.30. The Morgan fingerprint density at radius 3 is 2.25 bits per heavy atom. The Balaban J connectivity index is 3.40. The molecule has 0 aromatic heterocycles. The van der Waals surface area contributed by atoms with Gasteiger partial charge in [-0.25, -0.2) is 0 Å². The van der Waals surface area contributed by atoms with Crippen molar-refractivity contribution < 1.29 is 4.74 Å². The van der Waals surface area contributed by atoms with Crippen LogP contribution in [0.2, 0.25) is 5.02 Å². The number of aryl methyl sites for hydroxylation is 1. The first-order valence-electron chi connectivity index (χ1n) is 3.88. The predicted octanol–water partition coefficient (Wildman–Crippen LogP) is 3.27. The van der Waals surface area contributed by atoms with Crippen LogP contribution in [0.25, 0.3) is 0 Å². The summed E-state index contributed by atoms with van der Waals surface area (Å²) in [4.78, 5) is 0. The van der Waals surface area contributed by atoms with Crippen molar-refractivity contribution in [1.29, 1.82) is 0 Å². The molecule has 1 aromatic rings. The van der Waals surface area contributed by atoms with Crippen molar-refractivity contribution in [1.82, 2.24) is 0 Å². The number of halogens is 1. The maximum Gasteiger partial charge on any atom is 0.125 e. The first kappa shape index (κ1) is 9.40. The van der Waals surface area contributed by atoms with Crippen molar-refractivity contribution in [3.05, 3.63) is 27.8 Å². The molecule has 0 atom stereocenters. The molecule has 66 valence electrons. The summed E-state index contributed by atoms with van der Waals surface area (Å²) in [6, 6.07) is 1.93. The van der Waals surface area contributed by atoms with Crippen molar-refractivity contribution in [3.63, 3.8) is 0 Å². The summed E-state index contributed by atoms with van der Waals surface area (Å²) in [5.41, 5.74) is 3.31. The smallest absolute Gasteiger partial charge is 0.125 e. The Morgan fingerprint density at radius 1 is 1.17 bits per heavy atom. The van der Waals surface area contributed by atoms with E-state index in [4.69, 9.17) is 16.3 Å². The molecule has 0 saturated heterocycles. The molecule has 0 amide bonds. The van der Waals surface area contributed by atoms with E-state index in [9.17, 15) is 0 Å². The van der Waals surface area contributed by atoms with Gasteiger partial charge in [-0.2, -0.15) is 0 Å². The van der Waals surface area contributed by atoms with E-state index in [0.29, 0.717) is 0 Å². The molecule has 2 heteroatoms. The van der Waals surface area contributed by atoms with Gasteiger partial charge in [0.2, 0.25) is 0 Å². The first-order chi connectivity index (χ1) is 5.57. The number of benzene rings is 1. The zero-order valence-corrected chi connectivity index (χ0v) is 8.62. The van der Waals surface area contributed by atoms with E-state index in [0.717, 1.165) is 27.5 Å². The molecule has 0 radical (unpaired) electrons. The lowest BCUT2D eigenvalue weighted by atomic mass is 10.1. The molecule has 0 N–H and O–H groups in total. The van der Waals surface area contributed by atoms with Crippen LogP contribution in [0.3, 0.4) is 0 Å². The van der Waals surface area contributed by atoms with Gasteiger partial charge in [-0.3, -0.25) is 0 Å². The zero-order chi connectivity index (χ0) is 9.30. The second kappa shape index (κ2) is 3.36. The summed E-state index contributed by atoms with van der Waals surface area (Å²) in [5, 5.41) is 0.811. The summed E-state index contributed by atoms with van der Waals surface area (Å²) in [6.07, 6.45) is 0. The van der Waals surface area contributed by atoms with Gasteiger partial charge in [0.25, 0.3) is 0 Å². The summed E-state index contributed by atoms with van der Waals surface area (Å²) in [7, 11) is 1.68. The second-order valence-corrected chi connectivity index (χ2v) is 3.37. The van der Waals surface area contributed by atoms with E-state index in [-0.39, 0.29) is 0 Å². The molecule has 0 spiro atoms. The highest BCUT2D eigenvalue weighted by atomic mass is 35.5. The van der Waals surface area contributed by atoms with Crippen molar-refractivity contribution in [2.75, 3.05) is 7.11 Å². The van der Waals surface area contributed by atoms with Gasteiger partial charge in [0, 0.05) is 5.02 Å². The molecular formula is C10H13ClO. The van der Waals surface area contributed by atoms with E-state index in [1.54, 1.807) is 7.11 Å². The predicted molar refractivity (Wildman–Crippen MR) is 52.2 cm³/mol. The summed E-state index contributed by atoms with van der Waals surface area (Å²) in [6.45, 7) is 6.02. The summed E-state index contributed by atoms with van der Waals surface area (Å²) < 4.78 is 5.25. The van der Waals surface area contributed by atoms with Crippen LogP contribution in [0.15, 0.2) is 6.07 Å². The number of ether oxygens (including phenoxy) is 1. The van der Waals surface area contributed by atoms with Crippen LogP contribution in [0.4, 0.5) is 0 Å². The number of hydrogen-bond donors (Lipinski definition) is 0. The Labute approximate surface area is 78.3 Å². The van der Waals surface area contributed by atoms with Crippen LogP contribution in [0.5, 0.6) is 5.75 Å². The monoisotopic (exact) mass is 184 g/mol. The summed E-state index contributed by atoms with van der Waals surface area (Å²) in [5.74, 6) is 0.942. The van der Waals surface area contributed by atoms with Gasteiger partial charge < -0.3 is 4.74 Å². The number of hydrogen-bond acceptors (Lipinski definition) is 1. The lowest BCUT2D eigenvalue weighted by molar-refractivity contribution is 0.408. The number of rotatable bonds is 1. The molecule has 1 aromatic carbocycles. The lowest BCUT2D eigenvalue weighted by Crippen LogP contribution is -1.94. The molecule has 0 aliphatic heterocycles. The minimum Gasteiger partial charge on any atom is -0.496 e. The van der Waals surface area contributed by atoms with Gasteiger partial charge in [-0.05, 0) is 43.5 Å². The Morgan fingerprint density at radius 2 is 1.75 bits per heavy atom. The average Bonchev–Trinajstić information content (AvgIpc) is 2.01. The summed E-state index contributed by atoms with van der Waals surface area (Å²) >= 11 is 5.99. The van der Waals surface area contributed by atoms with Gasteiger partial charge >= 0.3 is 0 Å². The Bertz CT molecular complexity index is 305. The fourth-order valence-corrected chi connectivity index (χ4v) is 1.63. The SMILES string of the molecule is COc1c(C)cc(Cl)c(C)c1C. The van der Waals surface area contributed by atoms with Crippen LogP contribution in [-0.4, -0.2) is 7.11 Å².